The van der Waals surface area contributed by atoms with Gasteiger partial charge in [0.25, 0.3) is 0 Å². The molecule has 0 aromatic heterocycles. The van der Waals surface area contributed by atoms with Crippen molar-refractivity contribution in [2.75, 3.05) is 34.4 Å². The highest BCUT2D eigenvalue weighted by Gasteiger charge is 2.02. The summed E-state index contributed by atoms with van der Waals surface area (Å²) in [6.45, 7) is 1.89. The average Bonchev–Trinajstić information content (AvgIpc) is 2.62. The van der Waals surface area contributed by atoms with Crippen LogP contribution in [0.5, 0.6) is 11.5 Å². The van der Waals surface area contributed by atoms with Gasteiger partial charge in [0, 0.05) is 14.1 Å². The molecule has 2 aromatic rings. The van der Waals surface area contributed by atoms with Crippen LogP contribution >= 0.6 is 24.0 Å². The fraction of sp³-hybridized carbons (Fsp3) is 0.316. The predicted molar refractivity (Wildman–Crippen MR) is 113 cm³/mol. The molecule has 0 saturated heterocycles. The quantitative estimate of drug-likeness (QED) is 0.301. The monoisotopic (exact) mass is 455 g/mol. The standard InChI is InChI=1S/C19H25N3O2.HI/c1-22(2)19(21-15-16-7-5-4-6-8-16)20-13-14-24-18-11-9-17(23-3)10-12-18;/h4-12H,13-15H2,1-3H3,(H,20,21);1H. The molecule has 0 fully saturated rings. The third-order valence-electron chi connectivity index (χ3n) is 3.39. The summed E-state index contributed by atoms with van der Waals surface area (Å²) in [5.74, 6) is 2.49. The van der Waals surface area contributed by atoms with Crippen LogP contribution in [-0.4, -0.2) is 45.2 Å². The molecule has 0 bridgehead atoms. The molecule has 0 amide bonds. The SMILES string of the molecule is COc1ccc(OCCNC(=NCc2ccccc2)N(C)C)cc1.I. The minimum absolute atomic E-state index is 0. The number of rotatable bonds is 7. The van der Waals surface area contributed by atoms with Gasteiger partial charge in [-0.3, -0.25) is 0 Å². The van der Waals surface area contributed by atoms with Crippen LogP contribution < -0.4 is 14.8 Å². The fourth-order valence-corrected chi connectivity index (χ4v) is 2.11. The number of aliphatic imine (C=N–C) groups is 1. The van der Waals surface area contributed by atoms with Gasteiger partial charge in [-0.05, 0) is 29.8 Å². The summed E-state index contributed by atoms with van der Waals surface area (Å²) in [6, 6.07) is 17.8. The fourth-order valence-electron chi connectivity index (χ4n) is 2.11. The second kappa shape index (κ2) is 11.6. The van der Waals surface area contributed by atoms with Crippen molar-refractivity contribution in [2.24, 2.45) is 4.99 Å². The smallest absolute Gasteiger partial charge is 0.193 e. The van der Waals surface area contributed by atoms with Gasteiger partial charge in [0.05, 0.1) is 20.2 Å². The van der Waals surface area contributed by atoms with Gasteiger partial charge in [0.15, 0.2) is 5.96 Å². The topological polar surface area (TPSA) is 46.1 Å². The van der Waals surface area contributed by atoms with Gasteiger partial charge in [-0.1, -0.05) is 30.3 Å². The summed E-state index contributed by atoms with van der Waals surface area (Å²) in [7, 11) is 5.60. The largest absolute Gasteiger partial charge is 0.497 e. The molecule has 0 aliphatic carbocycles. The number of nitrogens with one attached hydrogen (secondary N) is 1. The summed E-state index contributed by atoms with van der Waals surface area (Å²) in [4.78, 5) is 6.59. The summed E-state index contributed by atoms with van der Waals surface area (Å²) >= 11 is 0. The molecule has 5 nitrogen and oxygen atoms in total. The van der Waals surface area contributed by atoms with E-state index < -0.39 is 0 Å². The Morgan fingerprint density at radius 3 is 2.24 bits per heavy atom. The summed E-state index contributed by atoms with van der Waals surface area (Å²) in [5.41, 5.74) is 1.19. The van der Waals surface area contributed by atoms with Gasteiger partial charge < -0.3 is 19.7 Å². The van der Waals surface area contributed by atoms with E-state index in [1.165, 1.54) is 5.56 Å². The second-order valence-electron chi connectivity index (χ2n) is 5.47. The number of nitrogens with zero attached hydrogens (tertiary/aromatic N) is 2. The van der Waals surface area contributed by atoms with Crippen molar-refractivity contribution >= 4 is 29.9 Å². The van der Waals surface area contributed by atoms with E-state index in [1.54, 1.807) is 7.11 Å². The van der Waals surface area contributed by atoms with E-state index in [0.29, 0.717) is 19.7 Å². The van der Waals surface area contributed by atoms with Crippen molar-refractivity contribution in [3.63, 3.8) is 0 Å². The molecule has 0 unspecified atom stereocenters. The van der Waals surface area contributed by atoms with Gasteiger partial charge >= 0.3 is 0 Å². The lowest BCUT2D eigenvalue weighted by atomic mass is 10.2. The van der Waals surface area contributed by atoms with Crippen LogP contribution in [0.25, 0.3) is 0 Å². The minimum Gasteiger partial charge on any atom is -0.497 e. The molecule has 136 valence electrons. The van der Waals surface area contributed by atoms with Crippen molar-refractivity contribution in [1.29, 1.82) is 0 Å². The molecular formula is C19H26IN3O2. The highest BCUT2D eigenvalue weighted by molar-refractivity contribution is 14.0. The zero-order valence-electron chi connectivity index (χ0n) is 14.9. The van der Waals surface area contributed by atoms with Crippen molar-refractivity contribution in [3.8, 4) is 11.5 Å². The number of halogens is 1. The first kappa shape index (κ1) is 21.1. The van der Waals surface area contributed by atoms with Crippen molar-refractivity contribution in [3.05, 3.63) is 60.2 Å². The van der Waals surface area contributed by atoms with E-state index in [1.807, 2.05) is 61.5 Å². The van der Waals surface area contributed by atoms with Gasteiger partial charge in [0.2, 0.25) is 0 Å². The Kier molecular flexibility index (Phi) is 9.76. The lowest BCUT2D eigenvalue weighted by Gasteiger charge is -2.18. The number of ether oxygens (including phenoxy) is 2. The zero-order chi connectivity index (χ0) is 17.2. The Hall–Kier alpha value is -1.96. The summed E-state index contributed by atoms with van der Waals surface area (Å²) < 4.78 is 10.8. The summed E-state index contributed by atoms with van der Waals surface area (Å²) in [5, 5.41) is 3.31. The number of methoxy groups -OCH3 is 1. The molecule has 25 heavy (non-hydrogen) atoms. The predicted octanol–water partition coefficient (Wildman–Crippen LogP) is 3.40. The molecule has 0 radical (unpaired) electrons. The van der Waals surface area contributed by atoms with Crippen molar-refractivity contribution in [1.82, 2.24) is 10.2 Å². The van der Waals surface area contributed by atoms with Crippen LogP contribution in [0.4, 0.5) is 0 Å². The Morgan fingerprint density at radius 2 is 1.64 bits per heavy atom. The van der Waals surface area contributed by atoms with E-state index in [9.17, 15) is 0 Å². The average molecular weight is 455 g/mol. The van der Waals surface area contributed by atoms with E-state index in [2.05, 4.69) is 22.4 Å². The van der Waals surface area contributed by atoms with Crippen molar-refractivity contribution in [2.45, 2.75) is 6.54 Å². The normalized spacial score (nSPS) is 10.6. The first-order chi connectivity index (χ1) is 11.7. The lowest BCUT2D eigenvalue weighted by molar-refractivity contribution is 0.319. The number of hydrogen-bond donors (Lipinski definition) is 1. The second-order valence-corrected chi connectivity index (χ2v) is 5.47. The van der Waals surface area contributed by atoms with Gasteiger partial charge in [-0.15, -0.1) is 24.0 Å². The Balaban J connectivity index is 0.00000312. The highest BCUT2D eigenvalue weighted by atomic mass is 127. The molecule has 0 saturated carbocycles. The highest BCUT2D eigenvalue weighted by Crippen LogP contribution is 2.16. The van der Waals surface area contributed by atoms with Gasteiger partial charge in [-0.25, -0.2) is 4.99 Å². The van der Waals surface area contributed by atoms with Gasteiger partial charge in [-0.2, -0.15) is 0 Å². The van der Waals surface area contributed by atoms with E-state index in [4.69, 9.17) is 9.47 Å². The molecule has 0 aliphatic heterocycles. The number of benzene rings is 2. The van der Waals surface area contributed by atoms with E-state index in [0.717, 1.165) is 17.5 Å². The van der Waals surface area contributed by atoms with E-state index in [-0.39, 0.29) is 24.0 Å². The molecule has 0 atom stereocenters. The third kappa shape index (κ3) is 7.64. The molecular weight excluding hydrogens is 429 g/mol. The van der Waals surface area contributed by atoms with Gasteiger partial charge in [0.1, 0.15) is 18.1 Å². The maximum Gasteiger partial charge on any atom is 0.193 e. The van der Waals surface area contributed by atoms with Crippen LogP contribution in [0.1, 0.15) is 5.56 Å². The van der Waals surface area contributed by atoms with Crippen LogP contribution in [0.2, 0.25) is 0 Å². The Morgan fingerprint density at radius 1 is 1.00 bits per heavy atom. The minimum atomic E-state index is 0. The van der Waals surface area contributed by atoms with Crippen LogP contribution in [0.15, 0.2) is 59.6 Å². The molecule has 1 N–H and O–H groups in total. The van der Waals surface area contributed by atoms with Crippen LogP contribution in [-0.2, 0) is 6.54 Å². The number of hydrogen-bond acceptors (Lipinski definition) is 3. The first-order valence-corrected chi connectivity index (χ1v) is 7.95. The van der Waals surface area contributed by atoms with Crippen molar-refractivity contribution < 1.29 is 9.47 Å². The Bertz CT molecular complexity index is 631. The maximum absolute atomic E-state index is 5.71. The molecule has 0 heterocycles. The zero-order valence-corrected chi connectivity index (χ0v) is 17.3. The molecule has 0 spiro atoms. The van der Waals surface area contributed by atoms with Crippen LogP contribution in [0, 0.1) is 0 Å². The molecule has 0 aliphatic rings. The lowest BCUT2D eigenvalue weighted by Crippen LogP contribution is -2.38. The third-order valence-corrected chi connectivity index (χ3v) is 3.39. The number of guanidine groups is 1. The first-order valence-electron chi connectivity index (χ1n) is 7.95. The molecule has 6 heteroatoms. The van der Waals surface area contributed by atoms with Crippen LogP contribution in [0.3, 0.4) is 0 Å². The summed E-state index contributed by atoms with van der Waals surface area (Å²) in [6.07, 6.45) is 0. The Labute approximate surface area is 167 Å². The molecule has 2 rings (SSSR count). The van der Waals surface area contributed by atoms with E-state index >= 15 is 0 Å². The molecule has 2 aromatic carbocycles. The maximum atomic E-state index is 5.71.